The van der Waals surface area contributed by atoms with Crippen LogP contribution in [-0.4, -0.2) is 35.0 Å². The number of nitrogens with zero attached hydrogens (tertiary/aromatic N) is 2. The van der Waals surface area contributed by atoms with Gasteiger partial charge in [0.05, 0.1) is 0 Å². The van der Waals surface area contributed by atoms with Crippen molar-refractivity contribution in [2.24, 2.45) is 0 Å². The maximum Gasteiger partial charge on any atom is 0.245 e. The fraction of sp³-hybridized carbons (Fsp3) is 0.462. The van der Waals surface area contributed by atoms with Crippen LogP contribution in [0.25, 0.3) is 0 Å². The fourth-order valence-electron chi connectivity index (χ4n) is 1.56. The van der Waals surface area contributed by atoms with E-state index < -0.39 is 0 Å². The first kappa shape index (κ1) is 14.9. The van der Waals surface area contributed by atoms with Crippen LogP contribution in [0.1, 0.15) is 25.5 Å². The zero-order valence-electron chi connectivity index (χ0n) is 11.3. The van der Waals surface area contributed by atoms with Crippen molar-refractivity contribution in [3.8, 4) is 0 Å². The SMILES string of the molecule is C=CCN(CC(=O)Nc1cc(C)on1)C(=O)CCC. The Morgan fingerprint density at radius 3 is 2.84 bits per heavy atom. The molecule has 2 amide bonds. The van der Waals surface area contributed by atoms with Crippen molar-refractivity contribution in [2.75, 3.05) is 18.4 Å². The molecule has 104 valence electrons. The Morgan fingerprint density at radius 2 is 2.32 bits per heavy atom. The smallest absolute Gasteiger partial charge is 0.245 e. The average Bonchev–Trinajstić information content (AvgIpc) is 2.74. The Morgan fingerprint density at radius 1 is 1.58 bits per heavy atom. The highest BCUT2D eigenvalue weighted by Gasteiger charge is 2.16. The first-order valence-corrected chi connectivity index (χ1v) is 6.18. The first-order valence-electron chi connectivity index (χ1n) is 6.18. The summed E-state index contributed by atoms with van der Waals surface area (Å²) >= 11 is 0. The Balaban J connectivity index is 2.55. The lowest BCUT2D eigenvalue weighted by Crippen LogP contribution is -2.38. The van der Waals surface area contributed by atoms with Crippen LogP contribution >= 0.6 is 0 Å². The number of rotatable bonds is 7. The third-order valence-electron chi connectivity index (χ3n) is 2.40. The van der Waals surface area contributed by atoms with Gasteiger partial charge in [0.25, 0.3) is 0 Å². The molecule has 0 saturated heterocycles. The molecule has 19 heavy (non-hydrogen) atoms. The Kier molecular flexibility index (Phi) is 5.78. The summed E-state index contributed by atoms with van der Waals surface area (Å²) in [5, 5.41) is 6.24. The molecule has 0 fully saturated rings. The number of nitrogens with one attached hydrogen (secondary N) is 1. The van der Waals surface area contributed by atoms with Gasteiger partial charge in [-0.05, 0) is 13.3 Å². The zero-order valence-corrected chi connectivity index (χ0v) is 11.3. The van der Waals surface area contributed by atoms with Crippen LogP contribution in [0.4, 0.5) is 5.82 Å². The summed E-state index contributed by atoms with van der Waals surface area (Å²) in [5.41, 5.74) is 0. The molecule has 0 aliphatic carbocycles. The molecule has 0 atom stereocenters. The number of carbonyl (C=O) groups excluding carboxylic acids is 2. The molecule has 0 spiro atoms. The number of aryl methyl sites for hydroxylation is 1. The van der Waals surface area contributed by atoms with Crippen molar-refractivity contribution in [1.82, 2.24) is 10.1 Å². The van der Waals surface area contributed by atoms with Crippen LogP contribution in [0.3, 0.4) is 0 Å². The van der Waals surface area contributed by atoms with Gasteiger partial charge in [0.2, 0.25) is 11.8 Å². The highest BCUT2D eigenvalue weighted by molar-refractivity contribution is 5.93. The van der Waals surface area contributed by atoms with Crippen molar-refractivity contribution in [3.05, 3.63) is 24.5 Å². The second-order valence-corrected chi connectivity index (χ2v) is 4.18. The summed E-state index contributed by atoms with van der Waals surface area (Å²) < 4.78 is 4.84. The van der Waals surface area contributed by atoms with Crippen LogP contribution < -0.4 is 5.32 Å². The lowest BCUT2D eigenvalue weighted by Gasteiger charge is -2.19. The Labute approximate surface area is 112 Å². The number of amides is 2. The number of hydrogen-bond acceptors (Lipinski definition) is 4. The lowest BCUT2D eigenvalue weighted by molar-refractivity contribution is -0.134. The minimum Gasteiger partial charge on any atom is -0.360 e. The standard InChI is InChI=1S/C13H19N3O3/c1-4-6-13(18)16(7-5-2)9-12(17)14-11-8-10(3)19-15-11/h5,8H,2,4,6-7,9H2,1,3H3,(H,14,15,17). The average molecular weight is 265 g/mol. The summed E-state index contributed by atoms with van der Waals surface area (Å²) in [5.74, 6) is 0.595. The van der Waals surface area contributed by atoms with Gasteiger partial charge in [-0.1, -0.05) is 18.2 Å². The summed E-state index contributed by atoms with van der Waals surface area (Å²) in [6.07, 6.45) is 2.77. The zero-order chi connectivity index (χ0) is 14.3. The molecule has 1 aromatic rings. The van der Waals surface area contributed by atoms with E-state index in [1.54, 1.807) is 19.1 Å². The third-order valence-corrected chi connectivity index (χ3v) is 2.40. The Bertz CT molecular complexity index is 454. The molecule has 1 heterocycles. The van der Waals surface area contributed by atoms with Gasteiger partial charge in [-0.3, -0.25) is 9.59 Å². The van der Waals surface area contributed by atoms with Crippen molar-refractivity contribution in [2.45, 2.75) is 26.7 Å². The van der Waals surface area contributed by atoms with E-state index in [2.05, 4.69) is 17.1 Å². The molecular formula is C13H19N3O3. The highest BCUT2D eigenvalue weighted by Crippen LogP contribution is 2.07. The molecule has 0 aliphatic rings. The number of carbonyl (C=O) groups is 2. The van der Waals surface area contributed by atoms with Crippen LogP contribution in [-0.2, 0) is 9.59 Å². The molecule has 1 N–H and O–H groups in total. The van der Waals surface area contributed by atoms with E-state index in [4.69, 9.17) is 4.52 Å². The largest absolute Gasteiger partial charge is 0.360 e. The predicted octanol–water partition coefficient (Wildman–Crippen LogP) is 1.74. The normalized spacial score (nSPS) is 10.0. The highest BCUT2D eigenvalue weighted by atomic mass is 16.5. The van der Waals surface area contributed by atoms with E-state index in [0.717, 1.165) is 6.42 Å². The summed E-state index contributed by atoms with van der Waals surface area (Å²) in [6.45, 7) is 7.57. The number of aromatic nitrogens is 1. The van der Waals surface area contributed by atoms with Crippen LogP contribution in [0.15, 0.2) is 23.2 Å². The van der Waals surface area contributed by atoms with Crippen molar-refractivity contribution in [3.63, 3.8) is 0 Å². The monoisotopic (exact) mass is 265 g/mol. The minimum atomic E-state index is -0.306. The molecule has 0 unspecified atom stereocenters. The van der Waals surface area contributed by atoms with Crippen LogP contribution in [0.2, 0.25) is 0 Å². The van der Waals surface area contributed by atoms with Crippen molar-refractivity contribution in [1.29, 1.82) is 0 Å². The van der Waals surface area contributed by atoms with E-state index in [-0.39, 0.29) is 18.4 Å². The van der Waals surface area contributed by atoms with E-state index >= 15 is 0 Å². The molecule has 6 heteroatoms. The maximum absolute atomic E-state index is 11.8. The van der Waals surface area contributed by atoms with Gasteiger partial charge < -0.3 is 14.7 Å². The van der Waals surface area contributed by atoms with Crippen LogP contribution in [0.5, 0.6) is 0 Å². The molecule has 0 radical (unpaired) electrons. The quantitative estimate of drug-likeness (QED) is 0.762. The fourth-order valence-corrected chi connectivity index (χ4v) is 1.56. The van der Waals surface area contributed by atoms with Gasteiger partial charge in [-0.25, -0.2) is 0 Å². The van der Waals surface area contributed by atoms with E-state index in [1.165, 1.54) is 4.90 Å². The number of anilines is 1. The predicted molar refractivity (Wildman–Crippen MR) is 71.6 cm³/mol. The van der Waals surface area contributed by atoms with Crippen molar-refractivity contribution < 1.29 is 14.1 Å². The lowest BCUT2D eigenvalue weighted by atomic mass is 10.3. The topological polar surface area (TPSA) is 75.4 Å². The van der Waals surface area contributed by atoms with Gasteiger partial charge in [0.15, 0.2) is 5.82 Å². The molecular weight excluding hydrogens is 246 g/mol. The third kappa shape index (κ3) is 4.95. The molecule has 1 rings (SSSR count). The second-order valence-electron chi connectivity index (χ2n) is 4.18. The van der Waals surface area contributed by atoms with Gasteiger partial charge >= 0.3 is 0 Å². The van der Waals surface area contributed by atoms with Gasteiger partial charge in [0, 0.05) is 19.0 Å². The van der Waals surface area contributed by atoms with E-state index in [9.17, 15) is 9.59 Å². The first-order chi connectivity index (χ1) is 9.06. The van der Waals surface area contributed by atoms with E-state index in [1.807, 2.05) is 6.92 Å². The Hall–Kier alpha value is -2.11. The van der Waals surface area contributed by atoms with Gasteiger partial charge in [-0.15, -0.1) is 6.58 Å². The summed E-state index contributed by atoms with van der Waals surface area (Å²) in [4.78, 5) is 25.0. The van der Waals surface area contributed by atoms with Crippen molar-refractivity contribution >= 4 is 17.6 Å². The molecule has 0 saturated carbocycles. The summed E-state index contributed by atoms with van der Waals surface area (Å²) in [7, 11) is 0. The molecule has 6 nitrogen and oxygen atoms in total. The molecule has 0 aliphatic heterocycles. The summed E-state index contributed by atoms with van der Waals surface area (Å²) in [6, 6.07) is 1.61. The molecule has 0 bridgehead atoms. The van der Waals surface area contributed by atoms with E-state index in [0.29, 0.717) is 24.5 Å². The maximum atomic E-state index is 11.8. The minimum absolute atomic E-state index is 0.0171. The molecule has 1 aromatic heterocycles. The number of hydrogen-bond donors (Lipinski definition) is 1. The van der Waals surface area contributed by atoms with Gasteiger partial charge in [0.1, 0.15) is 12.3 Å². The van der Waals surface area contributed by atoms with Crippen LogP contribution in [0, 0.1) is 6.92 Å². The molecule has 0 aromatic carbocycles. The van der Waals surface area contributed by atoms with Gasteiger partial charge in [-0.2, -0.15) is 0 Å². The second kappa shape index (κ2) is 7.35.